The van der Waals surface area contributed by atoms with E-state index >= 15 is 0 Å². The van der Waals surface area contributed by atoms with E-state index in [9.17, 15) is 24.0 Å². The normalized spacial score (nSPS) is 21.1. The second-order valence-electron chi connectivity index (χ2n) is 9.76. The van der Waals surface area contributed by atoms with Gasteiger partial charge in [-0.05, 0) is 51.0 Å². The van der Waals surface area contributed by atoms with Crippen LogP contribution in [0.4, 0.5) is 11.4 Å². The molecule has 1 aromatic rings. The molecule has 1 saturated heterocycles. The first-order valence-corrected chi connectivity index (χ1v) is 12.1. The largest absolute Gasteiger partial charge is 0.481 e. The van der Waals surface area contributed by atoms with Gasteiger partial charge in [0.05, 0.1) is 31.6 Å². The molecule has 210 valence electrons. The van der Waals surface area contributed by atoms with Crippen LogP contribution in [0, 0.1) is 0 Å². The third-order valence-corrected chi connectivity index (χ3v) is 6.07. The molecule has 38 heavy (non-hydrogen) atoms. The molecule has 3 unspecified atom stereocenters. The Hall–Kier alpha value is -3.55. The maximum atomic E-state index is 12.4. The van der Waals surface area contributed by atoms with Crippen molar-refractivity contribution in [1.29, 1.82) is 0 Å². The number of hydrogen-bond donors (Lipinski definition) is 5. The van der Waals surface area contributed by atoms with Crippen LogP contribution in [0.2, 0.25) is 0 Å². The molecule has 3 rings (SSSR count). The Balaban J connectivity index is 0.000000332. The zero-order valence-corrected chi connectivity index (χ0v) is 21.8. The number of carboxylic acid groups (broad SMARTS) is 3. The summed E-state index contributed by atoms with van der Waals surface area (Å²) in [4.78, 5) is 58.6. The molecule has 13 heteroatoms. The number of carboxylic acids is 3. The summed E-state index contributed by atoms with van der Waals surface area (Å²) >= 11 is 0. The van der Waals surface area contributed by atoms with E-state index in [4.69, 9.17) is 25.2 Å². The third-order valence-electron chi connectivity index (χ3n) is 6.07. The lowest BCUT2D eigenvalue weighted by atomic mass is 9.96. The van der Waals surface area contributed by atoms with E-state index in [-0.39, 0.29) is 30.1 Å². The molecular weight excluding hydrogens is 502 g/mol. The highest BCUT2D eigenvalue weighted by atomic mass is 16.5. The van der Waals surface area contributed by atoms with Crippen molar-refractivity contribution in [3.63, 3.8) is 0 Å². The lowest BCUT2D eigenvalue weighted by Gasteiger charge is -2.34. The molecule has 1 aromatic carbocycles. The van der Waals surface area contributed by atoms with Crippen LogP contribution in [0.15, 0.2) is 18.2 Å². The maximum absolute atomic E-state index is 12.4. The fourth-order valence-electron chi connectivity index (χ4n) is 4.72. The molecule has 0 aliphatic carbocycles. The lowest BCUT2D eigenvalue weighted by Crippen LogP contribution is -2.48. The summed E-state index contributed by atoms with van der Waals surface area (Å²) < 4.78 is 5.70. The van der Waals surface area contributed by atoms with Gasteiger partial charge < -0.3 is 35.4 Å². The highest BCUT2D eigenvalue weighted by Crippen LogP contribution is 2.34. The van der Waals surface area contributed by atoms with Crippen molar-refractivity contribution in [1.82, 2.24) is 4.90 Å². The number of carbonyl (C=O) groups is 5. The van der Waals surface area contributed by atoms with Gasteiger partial charge in [-0.3, -0.25) is 24.1 Å². The van der Waals surface area contributed by atoms with Crippen molar-refractivity contribution in [2.75, 3.05) is 29.9 Å². The van der Waals surface area contributed by atoms with Gasteiger partial charge in [0.15, 0.2) is 5.60 Å². The Morgan fingerprint density at radius 1 is 1.00 bits per heavy atom. The van der Waals surface area contributed by atoms with Gasteiger partial charge in [0.25, 0.3) is 0 Å². The first-order valence-electron chi connectivity index (χ1n) is 12.1. The second kappa shape index (κ2) is 12.8. The predicted molar refractivity (Wildman–Crippen MR) is 135 cm³/mol. The number of aliphatic hydroxyl groups is 1. The number of morpholine rings is 1. The number of benzene rings is 1. The van der Waals surface area contributed by atoms with Gasteiger partial charge in [-0.25, -0.2) is 4.79 Å². The zero-order chi connectivity index (χ0) is 28.8. The van der Waals surface area contributed by atoms with E-state index in [2.05, 4.69) is 10.2 Å². The fraction of sp³-hybridized carbons (Fsp3) is 0.560. The van der Waals surface area contributed by atoms with Crippen LogP contribution in [0.5, 0.6) is 0 Å². The van der Waals surface area contributed by atoms with Gasteiger partial charge >= 0.3 is 17.9 Å². The highest BCUT2D eigenvalue weighted by Gasteiger charge is 2.40. The van der Waals surface area contributed by atoms with Gasteiger partial charge in [-0.15, -0.1) is 0 Å². The minimum Gasteiger partial charge on any atom is -0.481 e. The first-order chi connectivity index (χ1) is 17.6. The van der Waals surface area contributed by atoms with Crippen LogP contribution < -0.4 is 10.2 Å². The third kappa shape index (κ3) is 8.50. The monoisotopic (exact) mass is 537 g/mol. The highest BCUT2D eigenvalue weighted by molar-refractivity contribution is 5.96. The van der Waals surface area contributed by atoms with Crippen molar-refractivity contribution in [2.45, 2.75) is 70.8 Å². The number of ether oxygens (including phenoxy) is 1. The first kappa shape index (κ1) is 30.7. The summed E-state index contributed by atoms with van der Waals surface area (Å²) in [5.41, 5.74) is 0.108. The number of amides is 2. The Bertz CT molecular complexity index is 1050. The van der Waals surface area contributed by atoms with Crippen molar-refractivity contribution >= 4 is 41.1 Å². The average molecular weight is 538 g/mol. The SMILES string of the molecule is CC(=O)N1c2ccc(NC(=O)CN3CC(C)OC(C)C3)cc2CC1C.O=C(O)CC(O)(CC(=O)O)C(=O)O. The van der Waals surface area contributed by atoms with Gasteiger partial charge in [-0.1, -0.05) is 0 Å². The van der Waals surface area contributed by atoms with Crippen LogP contribution in [0.25, 0.3) is 0 Å². The molecule has 1 fully saturated rings. The van der Waals surface area contributed by atoms with Crippen molar-refractivity contribution in [3.8, 4) is 0 Å². The molecule has 2 heterocycles. The number of aliphatic carboxylic acids is 3. The van der Waals surface area contributed by atoms with E-state index in [0.717, 1.165) is 36.4 Å². The summed E-state index contributed by atoms with van der Waals surface area (Å²) in [6, 6.07) is 5.94. The summed E-state index contributed by atoms with van der Waals surface area (Å²) in [6.07, 6.45) is -1.17. The second-order valence-corrected chi connectivity index (χ2v) is 9.76. The number of fused-ring (bicyclic) bond motifs is 1. The van der Waals surface area contributed by atoms with Crippen LogP contribution in [-0.2, 0) is 35.1 Å². The minimum atomic E-state index is -2.74. The minimum absolute atomic E-state index is 0.0179. The topological polar surface area (TPSA) is 194 Å². The molecule has 0 aromatic heterocycles. The summed E-state index contributed by atoms with van der Waals surface area (Å²) in [5, 5.41) is 36.8. The number of rotatable bonds is 8. The molecule has 0 saturated carbocycles. The van der Waals surface area contributed by atoms with Crippen molar-refractivity contribution < 1.29 is 49.1 Å². The summed E-state index contributed by atoms with van der Waals surface area (Å²) in [6.45, 7) is 9.60. The Morgan fingerprint density at radius 3 is 2.03 bits per heavy atom. The van der Waals surface area contributed by atoms with Gasteiger partial charge in [0.2, 0.25) is 11.8 Å². The van der Waals surface area contributed by atoms with Gasteiger partial charge in [0.1, 0.15) is 0 Å². The van der Waals surface area contributed by atoms with E-state index < -0.39 is 36.4 Å². The van der Waals surface area contributed by atoms with E-state index in [1.54, 1.807) is 6.92 Å². The molecule has 3 atom stereocenters. The van der Waals surface area contributed by atoms with Crippen LogP contribution in [0.3, 0.4) is 0 Å². The molecule has 13 nitrogen and oxygen atoms in total. The molecule has 2 aliphatic rings. The average Bonchev–Trinajstić information content (AvgIpc) is 3.07. The fourth-order valence-corrected chi connectivity index (χ4v) is 4.72. The molecular formula is C25H35N3O10. The molecule has 0 radical (unpaired) electrons. The quantitative estimate of drug-likeness (QED) is 0.314. The Kier molecular flexibility index (Phi) is 10.3. The summed E-state index contributed by atoms with van der Waals surface area (Å²) in [5.74, 6) is -4.98. The molecule has 2 amide bonds. The van der Waals surface area contributed by atoms with E-state index in [1.807, 2.05) is 43.9 Å². The number of nitrogens with one attached hydrogen (secondary N) is 1. The molecule has 2 aliphatic heterocycles. The molecule has 0 spiro atoms. The Labute approximate surface area is 220 Å². The van der Waals surface area contributed by atoms with Crippen LogP contribution in [-0.4, -0.2) is 98.5 Å². The number of carbonyl (C=O) groups excluding carboxylic acids is 2. The van der Waals surface area contributed by atoms with Gasteiger partial charge in [0, 0.05) is 37.4 Å². The van der Waals surface area contributed by atoms with Crippen molar-refractivity contribution in [3.05, 3.63) is 23.8 Å². The predicted octanol–water partition coefficient (Wildman–Crippen LogP) is 0.783. The number of nitrogens with zero attached hydrogens (tertiary/aromatic N) is 2. The molecule has 5 N–H and O–H groups in total. The van der Waals surface area contributed by atoms with Crippen molar-refractivity contribution in [2.24, 2.45) is 0 Å². The lowest BCUT2D eigenvalue weighted by molar-refractivity contribution is -0.170. The standard InChI is InChI=1S/C19H27N3O3.C6H8O7/c1-12-7-16-8-17(5-6-18(16)22(12)15(4)23)20-19(24)11-21-9-13(2)25-14(3)10-21;7-3(8)1-6(13,5(11)12)2-4(9)10/h5-6,8,12-14H,7,9-11H2,1-4H3,(H,20,24);13H,1-2H2,(H,7,8)(H,9,10)(H,11,12). The smallest absolute Gasteiger partial charge is 0.336 e. The number of anilines is 2. The van der Waals surface area contributed by atoms with E-state index in [1.165, 1.54) is 0 Å². The van der Waals surface area contributed by atoms with Crippen LogP contribution >= 0.6 is 0 Å². The summed E-state index contributed by atoms with van der Waals surface area (Å²) in [7, 11) is 0. The molecule has 0 bridgehead atoms. The Morgan fingerprint density at radius 2 is 1.55 bits per heavy atom. The maximum Gasteiger partial charge on any atom is 0.336 e. The number of hydrogen-bond acceptors (Lipinski definition) is 8. The van der Waals surface area contributed by atoms with Gasteiger partial charge in [-0.2, -0.15) is 0 Å². The van der Waals surface area contributed by atoms with E-state index in [0.29, 0.717) is 6.54 Å². The zero-order valence-electron chi connectivity index (χ0n) is 21.8. The van der Waals surface area contributed by atoms with Crippen LogP contribution in [0.1, 0.15) is 46.1 Å².